The lowest BCUT2D eigenvalue weighted by atomic mass is 9.81. The summed E-state index contributed by atoms with van der Waals surface area (Å²) in [5, 5.41) is 6.83. The van der Waals surface area contributed by atoms with Crippen LogP contribution in [0.1, 0.15) is 39.0 Å². The van der Waals surface area contributed by atoms with Crippen molar-refractivity contribution in [2.75, 3.05) is 24.2 Å². The van der Waals surface area contributed by atoms with Gasteiger partial charge in [-0.1, -0.05) is 37.8 Å². The summed E-state index contributed by atoms with van der Waals surface area (Å²) in [6.07, 6.45) is 8.33. The summed E-state index contributed by atoms with van der Waals surface area (Å²) in [6.45, 7) is 3.29. The van der Waals surface area contributed by atoms with E-state index in [-0.39, 0.29) is 0 Å². The fourth-order valence-corrected chi connectivity index (χ4v) is 2.99. The van der Waals surface area contributed by atoms with Crippen LogP contribution in [-0.2, 0) is 0 Å². The number of nitrogens with zero attached hydrogens (tertiary/aromatic N) is 2. The van der Waals surface area contributed by atoms with Gasteiger partial charge in [0.25, 0.3) is 0 Å². The van der Waals surface area contributed by atoms with E-state index in [2.05, 4.69) is 27.5 Å². The Balaban J connectivity index is 1.81. The van der Waals surface area contributed by atoms with Crippen LogP contribution in [0, 0.1) is 11.8 Å². The van der Waals surface area contributed by atoms with Crippen LogP contribution in [0.25, 0.3) is 0 Å². The number of halogens is 1. The molecule has 1 heterocycles. The molecule has 1 aliphatic rings. The van der Waals surface area contributed by atoms with Crippen molar-refractivity contribution in [1.29, 1.82) is 0 Å². The minimum absolute atomic E-state index is 0.580. The highest BCUT2D eigenvalue weighted by molar-refractivity contribution is 6.32. The van der Waals surface area contributed by atoms with Gasteiger partial charge in [0.15, 0.2) is 0 Å². The van der Waals surface area contributed by atoms with E-state index in [4.69, 9.17) is 11.6 Å². The van der Waals surface area contributed by atoms with Gasteiger partial charge in [0.2, 0.25) is 5.95 Å². The molecular weight excluding hydrogens is 260 g/mol. The highest BCUT2D eigenvalue weighted by atomic mass is 35.5. The number of hydrogen-bond acceptors (Lipinski definition) is 4. The lowest BCUT2D eigenvalue weighted by Gasteiger charge is -2.26. The molecule has 2 unspecified atom stereocenters. The van der Waals surface area contributed by atoms with Gasteiger partial charge in [-0.25, -0.2) is 4.98 Å². The average Bonchev–Trinajstić information content (AvgIpc) is 2.41. The van der Waals surface area contributed by atoms with E-state index in [9.17, 15) is 0 Å². The van der Waals surface area contributed by atoms with Crippen molar-refractivity contribution in [2.45, 2.75) is 39.0 Å². The summed E-state index contributed by atoms with van der Waals surface area (Å²) >= 11 is 6.08. The standard InChI is InChI=1S/C14H23ClN4/c1-10-4-3-5-11(8-10)6-7-17-13-12(15)9-18-14(16-2)19-13/h9-11H,3-8H2,1-2H3,(H2,16,17,18,19). The van der Waals surface area contributed by atoms with Crippen LogP contribution < -0.4 is 10.6 Å². The molecular formula is C14H23ClN4. The maximum atomic E-state index is 6.08. The minimum Gasteiger partial charge on any atom is -0.369 e. The Kier molecular flexibility index (Phi) is 5.25. The largest absolute Gasteiger partial charge is 0.369 e. The summed E-state index contributed by atoms with van der Waals surface area (Å²) < 4.78 is 0. The van der Waals surface area contributed by atoms with Gasteiger partial charge in [0, 0.05) is 13.6 Å². The number of nitrogens with one attached hydrogen (secondary N) is 2. The fraction of sp³-hybridized carbons (Fsp3) is 0.714. The first-order valence-corrected chi connectivity index (χ1v) is 7.51. The molecule has 1 fully saturated rings. The first-order valence-electron chi connectivity index (χ1n) is 7.13. The third-order valence-electron chi connectivity index (χ3n) is 3.86. The van der Waals surface area contributed by atoms with Crippen molar-refractivity contribution < 1.29 is 0 Å². The van der Waals surface area contributed by atoms with E-state index in [1.807, 2.05) is 0 Å². The van der Waals surface area contributed by atoms with Crippen LogP contribution in [0.5, 0.6) is 0 Å². The molecule has 2 N–H and O–H groups in total. The second-order valence-corrected chi connectivity index (χ2v) is 5.90. The Bertz CT molecular complexity index is 410. The molecule has 0 bridgehead atoms. The molecule has 0 aliphatic heterocycles. The predicted molar refractivity (Wildman–Crippen MR) is 80.8 cm³/mol. The SMILES string of the molecule is CNc1ncc(Cl)c(NCCC2CCCC(C)C2)n1. The Morgan fingerprint density at radius 2 is 2.26 bits per heavy atom. The van der Waals surface area contributed by atoms with E-state index in [0.29, 0.717) is 11.0 Å². The number of aromatic nitrogens is 2. The van der Waals surface area contributed by atoms with Crippen molar-refractivity contribution in [1.82, 2.24) is 9.97 Å². The van der Waals surface area contributed by atoms with Gasteiger partial charge >= 0.3 is 0 Å². The monoisotopic (exact) mass is 282 g/mol. The van der Waals surface area contributed by atoms with Gasteiger partial charge in [0.05, 0.1) is 6.20 Å². The van der Waals surface area contributed by atoms with Gasteiger partial charge in [-0.15, -0.1) is 0 Å². The molecule has 2 rings (SSSR count). The second kappa shape index (κ2) is 6.94. The van der Waals surface area contributed by atoms with E-state index >= 15 is 0 Å². The van der Waals surface area contributed by atoms with Crippen LogP contribution in [0.3, 0.4) is 0 Å². The molecule has 0 saturated heterocycles. The maximum absolute atomic E-state index is 6.08. The number of anilines is 2. The fourth-order valence-electron chi connectivity index (χ4n) is 2.83. The number of rotatable bonds is 5. The van der Waals surface area contributed by atoms with E-state index in [1.165, 1.54) is 32.1 Å². The number of hydrogen-bond donors (Lipinski definition) is 2. The molecule has 19 heavy (non-hydrogen) atoms. The average molecular weight is 283 g/mol. The Labute approximate surface area is 120 Å². The summed E-state index contributed by atoms with van der Waals surface area (Å²) in [4.78, 5) is 8.39. The molecule has 0 radical (unpaired) electrons. The third kappa shape index (κ3) is 4.23. The zero-order valence-electron chi connectivity index (χ0n) is 11.7. The van der Waals surface area contributed by atoms with E-state index < -0.39 is 0 Å². The topological polar surface area (TPSA) is 49.8 Å². The first-order chi connectivity index (χ1) is 9.19. The highest BCUT2D eigenvalue weighted by Gasteiger charge is 2.18. The van der Waals surface area contributed by atoms with Crippen LogP contribution >= 0.6 is 11.6 Å². The summed E-state index contributed by atoms with van der Waals surface area (Å²) in [7, 11) is 1.80. The van der Waals surface area contributed by atoms with E-state index in [1.54, 1.807) is 13.2 Å². The molecule has 4 nitrogen and oxygen atoms in total. The first kappa shape index (κ1) is 14.4. The molecule has 1 saturated carbocycles. The second-order valence-electron chi connectivity index (χ2n) is 5.49. The minimum atomic E-state index is 0.580. The summed E-state index contributed by atoms with van der Waals surface area (Å²) in [6, 6.07) is 0. The van der Waals surface area contributed by atoms with Gasteiger partial charge in [0.1, 0.15) is 10.8 Å². The van der Waals surface area contributed by atoms with Gasteiger partial charge in [-0.3, -0.25) is 0 Å². The van der Waals surface area contributed by atoms with Crippen molar-refractivity contribution in [3.05, 3.63) is 11.2 Å². The van der Waals surface area contributed by atoms with Crippen LogP contribution in [0.2, 0.25) is 5.02 Å². The zero-order chi connectivity index (χ0) is 13.7. The Morgan fingerprint density at radius 3 is 3.00 bits per heavy atom. The highest BCUT2D eigenvalue weighted by Crippen LogP contribution is 2.30. The van der Waals surface area contributed by atoms with Gasteiger partial charge in [-0.05, 0) is 24.7 Å². The molecule has 1 aromatic rings. The van der Waals surface area contributed by atoms with Crippen molar-refractivity contribution in [2.24, 2.45) is 11.8 Å². The van der Waals surface area contributed by atoms with Crippen molar-refractivity contribution >= 4 is 23.4 Å². The summed E-state index contributed by atoms with van der Waals surface area (Å²) in [5.41, 5.74) is 0. The quantitative estimate of drug-likeness (QED) is 0.862. The molecule has 106 valence electrons. The third-order valence-corrected chi connectivity index (χ3v) is 4.13. The van der Waals surface area contributed by atoms with Gasteiger partial charge in [-0.2, -0.15) is 4.98 Å². The predicted octanol–water partition coefficient (Wildman–Crippen LogP) is 3.80. The Hall–Kier alpha value is -1.03. The van der Waals surface area contributed by atoms with Crippen molar-refractivity contribution in [3.63, 3.8) is 0 Å². The van der Waals surface area contributed by atoms with Crippen LogP contribution in [-0.4, -0.2) is 23.6 Å². The Morgan fingerprint density at radius 1 is 1.42 bits per heavy atom. The lowest BCUT2D eigenvalue weighted by molar-refractivity contribution is 0.274. The molecule has 1 aromatic heterocycles. The molecule has 0 aromatic carbocycles. The molecule has 0 spiro atoms. The molecule has 1 aliphatic carbocycles. The molecule has 2 atom stereocenters. The molecule has 5 heteroatoms. The van der Waals surface area contributed by atoms with Crippen molar-refractivity contribution in [3.8, 4) is 0 Å². The maximum Gasteiger partial charge on any atom is 0.224 e. The van der Waals surface area contributed by atoms with E-state index in [0.717, 1.165) is 24.2 Å². The normalized spacial score (nSPS) is 23.1. The molecule has 0 amide bonds. The zero-order valence-corrected chi connectivity index (χ0v) is 12.5. The summed E-state index contributed by atoms with van der Waals surface area (Å²) in [5.74, 6) is 3.06. The smallest absolute Gasteiger partial charge is 0.224 e. The van der Waals surface area contributed by atoms with Crippen LogP contribution in [0.15, 0.2) is 6.20 Å². The van der Waals surface area contributed by atoms with Crippen LogP contribution in [0.4, 0.5) is 11.8 Å². The lowest BCUT2D eigenvalue weighted by Crippen LogP contribution is -2.17. The van der Waals surface area contributed by atoms with Gasteiger partial charge < -0.3 is 10.6 Å².